The fourth-order valence-corrected chi connectivity index (χ4v) is 4.88. The highest BCUT2D eigenvalue weighted by Crippen LogP contribution is 2.39. The minimum Gasteiger partial charge on any atom is -0.504 e. The van der Waals surface area contributed by atoms with Gasteiger partial charge in [0.2, 0.25) is 12.6 Å². The average Bonchev–Trinajstić information content (AvgIpc) is 3.01. The molecule has 2 aliphatic heterocycles. The number of phenolic OH excluding ortho intramolecular Hbond substituents is 1. The Hall–Kier alpha value is -3.74. The first-order valence-electron chi connectivity index (χ1n) is 13.9. The highest BCUT2D eigenvalue weighted by atomic mass is 16.7. The van der Waals surface area contributed by atoms with E-state index in [-0.39, 0.29) is 22.8 Å². The number of aliphatic hydroxyl groups excluding tert-OH is 6. The molecule has 16 heteroatoms. The molecule has 16 nitrogen and oxygen atoms in total. The number of esters is 2. The van der Waals surface area contributed by atoms with Crippen molar-refractivity contribution in [3.05, 3.63) is 47.5 Å². The van der Waals surface area contributed by atoms with E-state index in [1.807, 2.05) is 0 Å². The van der Waals surface area contributed by atoms with Gasteiger partial charge in [-0.1, -0.05) is 18.2 Å². The zero-order valence-corrected chi connectivity index (χ0v) is 24.5. The number of aliphatic hydroxyl groups is 6. The van der Waals surface area contributed by atoms with E-state index in [4.69, 9.17) is 33.2 Å². The number of methoxy groups -OCH3 is 1. The van der Waals surface area contributed by atoms with Crippen molar-refractivity contribution in [3.8, 4) is 23.0 Å². The second kappa shape index (κ2) is 14.6. The molecule has 0 bridgehead atoms. The molecule has 0 aromatic heterocycles. The minimum atomic E-state index is -1.72. The standard InChI is InChI=1S/C29H36O16/c1-12-25(42-13(2)31)22(35)24(37)28(41-12)44-17-9-8-15(32)26(39-3)19(17)27(38)40-11-14-6-4-5-7-16(14)43-29-23(36)21(34)20(33)18(10-30)45-29/h4-9,12,18,20-25,28-30,32-37H,10-11H2,1-3H3/t12-,18+,20+,21-,22-,23+,24+,25-,28-,29+/m0/s1. The van der Waals surface area contributed by atoms with Gasteiger partial charge in [-0.3, -0.25) is 4.79 Å². The molecule has 0 aliphatic carbocycles. The van der Waals surface area contributed by atoms with Gasteiger partial charge in [0.25, 0.3) is 0 Å². The van der Waals surface area contributed by atoms with Crippen LogP contribution in [0.5, 0.6) is 23.0 Å². The fourth-order valence-electron chi connectivity index (χ4n) is 4.88. The SMILES string of the molecule is COc1c(O)ccc(O[C@@H]2O[C@@H](C)[C@H](OC(C)=O)[C@@H](O)[C@H]2O)c1C(=O)OCc1ccccc1O[C@@H]1O[C@H](CO)[C@@H](O)[C@H](O)[C@H]1O. The van der Waals surface area contributed by atoms with E-state index in [0.717, 1.165) is 13.0 Å². The maximum Gasteiger partial charge on any atom is 0.346 e. The van der Waals surface area contributed by atoms with Crippen LogP contribution in [-0.4, -0.2) is 123 Å². The van der Waals surface area contributed by atoms with Crippen LogP contribution >= 0.6 is 0 Å². The maximum atomic E-state index is 13.4. The van der Waals surface area contributed by atoms with Crippen LogP contribution in [0.15, 0.2) is 36.4 Å². The normalized spacial score (nSPS) is 31.5. The van der Waals surface area contributed by atoms with Gasteiger partial charge in [-0.25, -0.2) is 4.79 Å². The van der Waals surface area contributed by atoms with Gasteiger partial charge in [0.1, 0.15) is 60.3 Å². The van der Waals surface area contributed by atoms with Crippen molar-refractivity contribution in [2.75, 3.05) is 13.7 Å². The molecule has 0 radical (unpaired) electrons. The Bertz CT molecular complexity index is 1330. The minimum absolute atomic E-state index is 0.0676. The van der Waals surface area contributed by atoms with Gasteiger partial charge >= 0.3 is 11.9 Å². The van der Waals surface area contributed by atoms with Crippen LogP contribution in [0.3, 0.4) is 0 Å². The monoisotopic (exact) mass is 640 g/mol. The van der Waals surface area contributed by atoms with Crippen molar-refractivity contribution < 1.29 is 78.5 Å². The lowest BCUT2D eigenvalue weighted by atomic mass is 9.99. The summed E-state index contributed by atoms with van der Waals surface area (Å²) in [7, 11) is 1.18. The molecule has 0 unspecified atom stereocenters. The van der Waals surface area contributed by atoms with E-state index in [1.54, 1.807) is 12.1 Å². The number of benzene rings is 2. The largest absolute Gasteiger partial charge is 0.504 e. The predicted octanol–water partition coefficient (Wildman–Crippen LogP) is -1.29. The molecule has 2 saturated heterocycles. The van der Waals surface area contributed by atoms with Crippen molar-refractivity contribution in [3.63, 3.8) is 0 Å². The predicted molar refractivity (Wildman–Crippen MR) is 147 cm³/mol. The number of hydrogen-bond acceptors (Lipinski definition) is 16. The molecular formula is C29H36O16. The third-order valence-corrected chi connectivity index (χ3v) is 7.25. The Morgan fingerprint density at radius 3 is 2.16 bits per heavy atom. The lowest BCUT2D eigenvalue weighted by molar-refractivity contribution is -0.277. The van der Waals surface area contributed by atoms with Gasteiger partial charge in [-0.05, 0) is 25.1 Å². The molecule has 45 heavy (non-hydrogen) atoms. The highest BCUT2D eigenvalue weighted by molar-refractivity contribution is 5.96. The van der Waals surface area contributed by atoms with Crippen LogP contribution in [0.25, 0.3) is 0 Å². The molecule has 2 aliphatic rings. The number of hydrogen-bond donors (Lipinski definition) is 7. The smallest absolute Gasteiger partial charge is 0.346 e. The maximum absolute atomic E-state index is 13.4. The van der Waals surface area contributed by atoms with E-state index in [1.165, 1.54) is 32.2 Å². The summed E-state index contributed by atoms with van der Waals surface area (Å²) < 4.78 is 38.2. The molecule has 2 heterocycles. The average molecular weight is 641 g/mol. The molecule has 248 valence electrons. The van der Waals surface area contributed by atoms with Gasteiger partial charge in [0.15, 0.2) is 17.6 Å². The number of phenols is 1. The van der Waals surface area contributed by atoms with Crippen LogP contribution in [0.4, 0.5) is 0 Å². The van der Waals surface area contributed by atoms with E-state index in [2.05, 4.69) is 0 Å². The van der Waals surface area contributed by atoms with Crippen molar-refractivity contribution >= 4 is 11.9 Å². The molecule has 7 N–H and O–H groups in total. The first-order chi connectivity index (χ1) is 21.4. The third kappa shape index (κ3) is 7.40. The summed E-state index contributed by atoms with van der Waals surface area (Å²) in [5.74, 6) is -2.73. The summed E-state index contributed by atoms with van der Waals surface area (Å²) >= 11 is 0. The number of aromatic hydroxyl groups is 1. The summed E-state index contributed by atoms with van der Waals surface area (Å²) in [4.78, 5) is 24.8. The van der Waals surface area contributed by atoms with Crippen LogP contribution in [0.1, 0.15) is 29.8 Å². The summed E-state index contributed by atoms with van der Waals surface area (Å²) in [5, 5.41) is 71.4. The topological polar surface area (TPSA) is 240 Å². The molecule has 2 aromatic carbocycles. The molecule has 4 rings (SSSR count). The molecule has 2 fully saturated rings. The van der Waals surface area contributed by atoms with Crippen LogP contribution in [0.2, 0.25) is 0 Å². The van der Waals surface area contributed by atoms with Crippen molar-refractivity contribution in [1.82, 2.24) is 0 Å². The third-order valence-electron chi connectivity index (χ3n) is 7.25. The Kier molecular flexibility index (Phi) is 11.1. The van der Waals surface area contributed by atoms with Crippen LogP contribution in [-0.2, 0) is 30.3 Å². The van der Waals surface area contributed by atoms with Crippen LogP contribution in [0, 0.1) is 0 Å². The summed E-state index contributed by atoms with van der Waals surface area (Å²) in [6, 6.07) is 8.51. The van der Waals surface area contributed by atoms with Gasteiger partial charge < -0.3 is 68.9 Å². The Morgan fingerprint density at radius 1 is 0.844 bits per heavy atom. The van der Waals surface area contributed by atoms with Crippen molar-refractivity contribution in [2.24, 2.45) is 0 Å². The van der Waals surface area contributed by atoms with Gasteiger partial charge in [-0.15, -0.1) is 0 Å². The highest BCUT2D eigenvalue weighted by Gasteiger charge is 2.47. The zero-order valence-electron chi connectivity index (χ0n) is 24.5. The Labute approximate surface area is 256 Å². The molecular weight excluding hydrogens is 604 g/mol. The second-order valence-corrected chi connectivity index (χ2v) is 10.4. The first kappa shape index (κ1) is 34.1. The number of rotatable bonds is 10. The van der Waals surface area contributed by atoms with Gasteiger partial charge in [-0.2, -0.15) is 0 Å². The first-order valence-corrected chi connectivity index (χ1v) is 13.9. The van der Waals surface area contributed by atoms with E-state index < -0.39 is 97.9 Å². The van der Waals surface area contributed by atoms with Gasteiger partial charge in [0, 0.05) is 12.5 Å². The zero-order chi connectivity index (χ0) is 33.0. The Balaban J connectivity index is 1.53. The van der Waals surface area contributed by atoms with E-state index >= 15 is 0 Å². The van der Waals surface area contributed by atoms with Crippen molar-refractivity contribution in [2.45, 2.75) is 81.9 Å². The quantitative estimate of drug-likeness (QED) is 0.150. The van der Waals surface area contributed by atoms with E-state index in [9.17, 15) is 45.3 Å². The number of para-hydroxylation sites is 1. The molecule has 0 amide bonds. The second-order valence-electron chi connectivity index (χ2n) is 10.4. The summed E-state index contributed by atoms with van der Waals surface area (Å²) in [6.45, 7) is 1.52. The van der Waals surface area contributed by atoms with Gasteiger partial charge in [0.05, 0.1) is 19.8 Å². The van der Waals surface area contributed by atoms with E-state index in [0.29, 0.717) is 0 Å². The Morgan fingerprint density at radius 2 is 1.49 bits per heavy atom. The summed E-state index contributed by atoms with van der Waals surface area (Å²) in [5.41, 5.74) is -0.131. The molecule has 2 aromatic rings. The fraction of sp³-hybridized carbons (Fsp3) is 0.517. The number of ether oxygens (including phenoxy) is 7. The molecule has 0 saturated carbocycles. The lowest BCUT2D eigenvalue weighted by Crippen LogP contribution is -2.60. The summed E-state index contributed by atoms with van der Waals surface area (Å²) in [6.07, 6.45) is -14.6. The van der Waals surface area contributed by atoms with Crippen molar-refractivity contribution in [1.29, 1.82) is 0 Å². The number of carbonyl (C=O) groups is 2. The number of carbonyl (C=O) groups excluding carboxylic acids is 2. The lowest BCUT2D eigenvalue weighted by Gasteiger charge is -2.40. The van der Waals surface area contributed by atoms with Crippen LogP contribution < -0.4 is 14.2 Å². The molecule has 10 atom stereocenters. The molecule has 0 spiro atoms.